The van der Waals surface area contributed by atoms with Gasteiger partial charge in [0.1, 0.15) is 24.2 Å². The van der Waals surface area contributed by atoms with Gasteiger partial charge < -0.3 is 19.3 Å². The van der Waals surface area contributed by atoms with Gasteiger partial charge in [0.25, 0.3) is 0 Å². The third-order valence-corrected chi connectivity index (χ3v) is 5.78. The number of hydrogen-bond donors (Lipinski definition) is 1. The van der Waals surface area contributed by atoms with Gasteiger partial charge >= 0.3 is 5.97 Å². The molecule has 0 fully saturated rings. The molecule has 0 bridgehead atoms. The summed E-state index contributed by atoms with van der Waals surface area (Å²) in [4.78, 5) is 13.9. The van der Waals surface area contributed by atoms with Crippen LogP contribution in [0.4, 0.5) is 0 Å². The van der Waals surface area contributed by atoms with Gasteiger partial charge in [-0.2, -0.15) is 5.10 Å². The fraction of sp³-hybridized carbons (Fsp3) is 0.448. The van der Waals surface area contributed by atoms with E-state index >= 15 is 0 Å². The summed E-state index contributed by atoms with van der Waals surface area (Å²) in [6.07, 6.45) is 0.276. The zero-order chi connectivity index (χ0) is 26.8. The highest BCUT2D eigenvalue weighted by atomic mass is 16.5. The highest BCUT2D eigenvalue weighted by molar-refractivity contribution is 5.69. The molecule has 1 aromatic heterocycles. The Morgan fingerprint density at radius 3 is 2.35 bits per heavy atom. The molecule has 1 N–H and O–H groups in total. The number of aliphatic hydroxyl groups excluding tert-OH is 1. The molecule has 1 heterocycles. The van der Waals surface area contributed by atoms with E-state index in [1.165, 1.54) is 0 Å². The molecular weight excluding hydrogens is 470 g/mol. The lowest BCUT2D eigenvalue weighted by molar-refractivity contribution is -0.147. The summed E-state index contributed by atoms with van der Waals surface area (Å²) in [7, 11) is 1.63. The van der Waals surface area contributed by atoms with Crippen LogP contribution in [0.15, 0.2) is 54.6 Å². The average Bonchev–Trinajstić information content (AvgIpc) is 3.18. The first kappa shape index (κ1) is 28.2. The minimum absolute atomic E-state index is 0.0229. The quantitative estimate of drug-likeness (QED) is 0.301. The molecule has 0 spiro atoms. The van der Waals surface area contributed by atoms with E-state index < -0.39 is 6.10 Å². The van der Waals surface area contributed by atoms with Crippen LogP contribution in [0.2, 0.25) is 0 Å². The number of benzene rings is 2. The maximum atomic E-state index is 11.8. The monoisotopic (exact) mass is 509 g/mol. The van der Waals surface area contributed by atoms with Crippen molar-refractivity contribution in [3.8, 4) is 23.1 Å². The SMILES string of the molecule is CCCC(=O)OCC(O)CN(Cc1c(C)nn(-c2ccccc2)c1Oc1ccc(OC)cc1)CC(C)C. The number of rotatable bonds is 14. The Labute approximate surface area is 219 Å². The Balaban J connectivity index is 1.89. The number of aliphatic hydroxyl groups is 1. The van der Waals surface area contributed by atoms with Crippen molar-refractivity contribution in [1.82, 2.24) is 14.7 Å². The number of methoxy groups -OCH3 is 1. The van der Waals surface area contributed by atoms with E-state index in [2.05, 4.69) is 18.7 Å². The van der Waals surface area contributed by atoms with Gasteiger partial charge in [0.15, 0.2) is 0 Å². The maximum absolute atomic E-state index is 11.8. The van der Waals surface area contributed by atoms with Crippen molar-refractivity contribution in [3.63, 3.8) is 0 Å². The van der Waals surface area contributed by atoms with Crippen molar-refractivity contribution in [2.24, 2.45) is 5.92 Å². The topological polar surface area (TPSA) is 86.1 Å². The minimum Gasteiger partial charge on any atom is -0.497 e. The number of para-hydroxylation sites is 1. The number of carbonyl (C=O) groups excluding carboxylic acids is 1. The molecule has 1 atom stereocenters. The largest absolute Gasteiger partial charge is 0.497 e. The van der Waals surface area contributed by atoms with Gasteiger partial charge in [-0.05, 0) is 55.7 Å². The Bertz CT molecular complexity index is 1110. The molecule has 37 heavy (non-hydrogen) atoms. The van der Waals surface area contributed by atoms with Crippen molar-refractivity contribution < 1.29 is 24.1 Å². The van der Waals surface area contributed by atoms with Crippen LogP contribution in [-0.4, -0.2) is 58.7 Å². The second-order valence-electron chi connectivity index (χ2n) is 9.57. The smallest absolute Gasteiger partial charge is 0.305 e. The number of aryl methyl sites for hydroxylation is 1. The third kappa shape index (κ3) is 8.33. The molecule has 8 nitrogen and oxygen atoms in total. The molecule has 3 rings (SSSR count). The average molecular weight is 510 g/mol. The van der Waals surface area contributed by atoms with E-state index in [-0.39, 0.29) is 12.6 Å². The molecular formula is C29H39N3O5. The summed E-state index contributed by atoms with van der Waals surface area (Å²) in [5.41, 5.74) is 2.65. The number of esters is 1. The van der Waals surface area contributed by atoms with E-state index in [1.807, 2.05) is 73.1 Å². The Morgan fingerprint density at radius 2 is 1.73 bits per heavy atom. The van der Waals surface area contributed by atoms with E-state index in [1.54, 1.807) is 7.11 Å². The minimum atomic E-state index is -0.796. The normalized spacial score (nSPS) is 12.1. The molecule has 0 aliphatic heterocycles. The zero-order valence-electron chi connectivity index (χ0n) is 22.5. The van der Waals surface area contributed by atoms with Gasteiger partial charge in [0.2, 0.25) is 5.88 Å². The highest BCUT2D eigenvalue weighted by Gasteiger charge is 2.23. The summed E-state index contributed by atoms with van der Waals surface area (Å²) in [5.74, 6) is 2.11. The van der Waals surface area contributed by atoms with Crippen molar-refractivity contribution in [2.75, 3.05) is 26.8 Å². The fourth-order valence-corrected chi connectivity index (χ4v) is 4.08. The zero-order valence-corrected chi connectivity index (χ0v) is 22.5. The van der Waals surface area contributed by atoms with Gasteiger partial charge in [-0.1, -0.05) is 39.0 Å². The van der Waals surface area contributed by atoms with Gasteiger partial charge in [0, 0.05) is 26.1 Å². The van der Waals surface area contributed by atoms with Crippen molar-refractivity contribution >= 4 is 5.97 Å². The summed E-state index contributed by atoms with van der Waals surface area (Å²) in [5, 5.41) is 15.5. The van der Waals surface area contributed by atoms with Crippen LogP contribution in [0.5, 0.6) is 17.4 Å². The first-order chi connectivity index (χ1) is 17.8. The van der Waals surface area contributed by atoms with Crippen LogP contribution in [0.3, 0.4) is 0 Å². The van der Waals surface area contributed by atoms with E-state index in [4.69, 9.17) is 19.3 Å². The lowest BCUT2D eigenvalue weighted by Gasteiger charge is -2.27. The van der Waals surface area contributed by atoms with Crippen molar-refractivity contribution in [3.05, 3.63) is 65.9 Å². The van der Waals surface area contributed by atoms with Crippen LogP contribution < -0.4 is 9.47 Å². The Hall–Kier alpha value is -3.36. The summed E-state index contributed by atoms with van der Waals surface area (Å²) in [6.45, 7) is 9.75. The van der Waals surface area contributed by atoms with Gasteiger partial charge in [0.05, 0.1) is 24.1 Å². The van der Waals surface area contributed by atoms with E-state index in [0.29, 0.717) is 37.1 Å². The molecule has 200 valence electrons. The summed E-state index contributed by atoms with van der Waals surface area (Å²) in [6, 6.07) is 17.3. The Morgan fingerprint density at radius 1 is 1.05 bits per heavy atom. The second kappa shape index (κ2) is 13.8. The number of ether oxygens (including phenoxy) is 3. The molecule has 8 heteroatoms. The van der Waals surface area contributed by atoms with E-state index in [9.17, 15) is 9.90 Å². The maximum Gasteiger partial charge on any atom is 0.305 e. The summed E-state index contributed by atoms with van der Waals surface area (Å²) < 4.78 is 18.8. The molecule has 0 aliphatic carbocycles. The molecule has 0 saturated heterocycles. The van der Waals surface area contributed by atoms with Crippen LogP contribution in [0.25, 0.3) is 5.69 Å². The predicted octanol–water partition coefficient (Wildman–Crippen LogP) is 5.14. The molecule has 2 aromatic carbocycles. The lowest BCUT2D eigenvalue weighted by Crippen LogP contribution is -2.37. The first-order valence-corrected chi connectivity index (χ1v) is 12.8. The highest BCUT2D eigenvalue weighted by Crippen LogP contribution is 2.32. The van der Waals surface area contributed by atoms with Crippen LogP contribution in [-0.2, 0) is 16.1 Å². The first-order valence-electron chi connectivity index (χ1n) is 12.8. The number of hydrogen-bond acceptors (Lipinski definition) is 7. The van der Waals surface area contributed by atoms with Crippen LogP contribution >= 0.6 is 0 Å². The molecule has 3 aromatic rings. The molecule has 0 radical (unpaired) electrons. The van der Waals surface area contributed by atoms with Crippen molar-refractivity contribution in [2.45, 2.75) is 53.2 Å². The van der Waals surface area contributed by atoms with Crippen molar-refractivity contribution in [1.29, 1.82) is 0 Å². The molecule has 0 amide bonds. The number of nitrogens with zero attached hydrogens (tertiary/aromatic N) is 3. The van der Waals surface area contributed by atoms with Gasteiger partial charge in [-0.15, -0.1) is 0 Å². The van der Waals surface area contributed by atoms with Crippen LogP contribution in [0, 0.1) is 12.8 Å². The van der Waals surface area contributed by atoms with E-state index in [0.717, 1.165) is 35.7 Å². The molecule has 1 unspecified atom stereocenters. The number of carbonyl (C=O) groups is 1. The standard InChI is InChI=1S/C29H39N3O5/c1-6-10-28(34)36-20-24(33)18-31(17-21(2)3)19-27-22(4)30-32(23-11-8-7-9-12-23)29(27)37-26-15-13-25(35-5)14-16-26/h7-9,11-16,21,24,33H,6,10,17-20H2,1-5H3. The Kier molecular flexibility index (Phi) is 10.5. The molecule has 0 saturated carbocycles. The fourth-order valence-electron chi connectivity index (χ4n) is 4.08. The van der Waals surface area contributed by atoms with Gasteiger partial charge in [-0.25, -0.2) is 4.68 Å². The predicted molar refractivity (Wildman–Crippen MR) is 143 cm³/mol. The van der Waals surface area contributed by atoms with Gasteiger partial charge in [-0.3, -0.25) is 9.69 Å². The second-order valence-corrected chi connectivity index (χ2v) is 9.57. The number of aromatic nitrogens is 2. The third-order valence-electron chi connectivity index (χ3n) is 5.78. The van der Waals surface area contributed by atoms with Crippen LogP contribution in [0.1, 0.15) is 44.9 Å². The lowest BCUT2D eigenvalue weighted by atomic mass is 10.1. The summed E-state index contributed by atoms with van der Waals surface area (Å²) >= 11 is 0. The molecule has 0 aliphatic rings.